The second-order valence-electron chi connectivity index (χ2n) is 6.67. The van der Waals surface area contributed by atoms with Gasteiger partial charge in [-0.25, -0.2) is 0 Å². The number of carbonyl (C=O) groups is 1. The lowest BCUT2D eigenvalue weighted by Crippen LogP contribution is -2.36. The van der Waals surface area contributed by atoms with E-state index >= 15 is 0 Å². The highest BCUT2D eigenvalue weighted by atomic mass is 16.5. The van der Waals surface area contributed by atoms with E-state index in [1.165, 1.54) is 0 Å². The molecule has 2 fully saturated rings. The van der Waals surface area contributed by atoms with Crippen molar-refractivity contribution in [3.05, 3.63) is 29.8 Å². The van der Waals surface area contributed by atoms with Crippen LogP contribution in [-0.4, -0.2) is 50.5 Å². The van der Waals surface area contributed by atoms with E-state index in [0.29, 0.717) is 30.4 Å². The number of benzene rings is 1. The van der Waals surface area contributed by atoms with Crippen molar-refractivity contribution < 1.29 is 18.8 Å². The molecule has 2 saturated heterocycles. The Hall–Kier alpha value is -2.54. The molecule has 1 atom stereocenters. The molecular formula is C19H23N3O4. The molecule has 0 spiro atoms. The number of amides is 1. The van der Waals surface area contributed by atoms with Gasteiger partial charge in [-0.1, -0.05) is 5.16 Å². The minimum atomic E-state index is -0.158. The summed E-state index contributed by atoms with van der Waals surface area (Å²) in [6, 6.07) is 7.48. The molecular weight excluding hydrogens is 334 g/mol. The molecule has 1 N–H and O–H groups in total. The van der Waals surface area contributed by atoms with Gasteiger partial charge in [0.15, 0.2) is 11.6 Å². The zero-order valence-electron chi connectivity index (χ0n) is 14.9. The van der Waals surface area contributed by atoms with Crippen molar-refractivity contribution in [2.45, 2.75) is 25.3 Å². The van der Waals surface area contributed by atoms with Crippen LogP contribution < -0.4 is 15.0 Å². The molecule has 0 aliphatic carbocycles. The normalized spacial score (nSPS) is 19.7. The molecule has 7 nitrogen and oxygen atoms in total. The quantitative estimate of drug-likeness (QED) is 0.886. The van der Waals surface area contributed by atoms with Gasteiger partial charge >= 0.3 is 0 Å². The predicted molar refractivity (Wildman–Crippen MR) is 96.6 cm³/mol. The number of anilines is 1. The van der Waals surface area contributed by atoms with Gasteiger partial charge in [0.25, 0.3) is 5.91 Å². The Kier molecular flexibility index (Phi) is 4.79. The fourth-order valence-corrected chi connectivity index (χ4v) is 3.48. The summed E-state index contributed by atoms with van der Waals surface area (Å²) in [5.41, 5.74) is 1.31. The Morgan fingerprint density at radius 3 is 2.69 bits per heavy atom. The largest absolute Gasteiger partial charge is 0.497 e. The number of methoxy groups -OCH3 is 1. The Morgan fingerprint density at radius 1 is 1.27 bits per heavy atom. The Labute approximate surface area is 152 Å². The van der Waals surface area contributed by atoms with E-state index in [4.69, 9.17) is 14.0 Å². The lowest BCUT2D eigenvalue weighted by molar-refractivity contribution is 0.0930. The van der Waals surface area contributed by atoms with Crippen molar-refractivity contribution in [1.82, 2.24) is 10.5 Å². The molecule has 7 heteroatoms. The first-order valence-corrected chi connectivity index (χ1v) is 9.04. The molecule has 4 rings (SSSR count). The molecule has 0 radical (unpaired) electrons. The maximum atomic E-state index is 13.0. The van der Waals surface area contributed by atoms with E-state index in [1.807, 2.05) is 24.3 Å². The average Bonchev–Trinajstić information content (AvgIpc) is 3.41. The Bertz CT molecular complexity index is 760. The molecule has 3 heterocycles. The van der Waals surface area contributed by atoms with Crippen LogP contribution in [0.3, 0.4) is 0 Å². The highest BCUT2D eigenvalue weighted by molar-refractivity contribution is 6.04. The standard InChI is InChI=1S/C19H23N3O4/c1-24-15-6-4-13(5-7-15)17-16(19(23)20-14-8-11-25-12-14)18(21-26-17)22-9-2-3-10-22/h4-7,14H,2-3,8-12H2,1H3,(H,20,23). The van der Waals surface area contributed by atoms with Gasteiger partial charge in [0.05, 0.1) is 19.8 Å². The Balaban J connectivity index is 1.69. The molecule has 1 unspecified atom stereocenters. The molecule has 1 aromatic heterocycles. The van der Waals surface area contributed by atoms with E-state index in [-0.39, 0.29) is 11.9 Å². The van der Waals surface area contributed by atoms with Gasteiger partial charge in [-0.3, -0.25) is 4.79 Å². The van der Waals surface area contributed by atoms with Crippen molar-refractivity contribution in [2.75, 3.05) is 38.3 Å². The molecule has 2 aromatic rings. The maximum absolute atomic E-state index is 13.0. The van der Waals surface area contributed by atoms with Gasteiger partial charge in [0, 0.05) is 25.3 Å². The number of rotatable bonds is 5. The summed E-state index contributed by atoms with van der Waals surface area (Å²) >= 11 is 0. The third kappa shape index (κ3) is 3.26. The topological polar surface area (TPSA) is 76.8 Å². The van der Waals surface area contributed by atoms with E-state index < -0.39 is 0 Å². The van der Waals surface area contributed by atoms with Gasteiger partial charge in [0.2, 0.25) is 0 Å². The summed E-state index contributed by atoms with van der Waals surface area (Å²) in [6.45, 7) is 3.01. The molecule has 0 bridgehead atoms. The number of carbonyl (C=O) groups excluding carboxylic acids is 1. The van der Waals surface area contributed by atoms with E-state index in [9.17, 15) is 4.79 Å². The van der Waals surface area contributed by atoms with Gasteiger partial charge in [-0.2, -0.15) is 0 Å². The first-order chi connectivity index (χ1) is 12.8. The molecule has 0 saturated carbocycles. The van der Waals surface area contributed by atoms with Crippen LogP contribution >= 0.6 is 0 Å². The molecule has 1 aromatic carbocycles. The predicted octanol–water partition coefficient (Wildman–Crippen LogP) is 2.47. The molecule has 1 amide bonds. The summed E-state index contributed by atoms with van der Waals surface area (Å²) < 4.78 is 16.2. The first-order valence-electron chi connectivity index (χ1n) is 9.04. The lowest BCUT2D eigenvalue weighted by atomic mass is 10.1. The number of nitrogens with one attached hydrogen (secondary N) is 1. The van der Waals surface area contributed by atoms with Crippen LogP contribution in [-0.2, 0) is 4.74 Å². The first kappa shape index (κ1) is 16.9. The average molecular weight is 357 g/mol. The van der Waals surface area contributed by atoms with Crippen molar-refractivity contribution in [2.24, 2.45) is 0 Å². The highest BCUT2D eigenvalue weighted by Gasteiger charge is 2.30. The minimum absolute atomic E-state index is 0.0348. The van der Waals surface area contributed by atoms with E-state index in [1.54, 1.807) is 7.11 Å². The van der Waals surface area contributed by atoms with Crippen LogP contribution in [0.5, 0.6) is 5.75 Å². The van der Waals surface area contributed by atoms with Gasteiger partial charge in [-0.15, -0.1) is 0 Å². The Morgan fingerprint density at radius 2 is 2.04 bits per heavy atom. The van der Waals surface area contributed by atoms with Gasteiger partial charge in [0.1, 0.15) is 11.3 Å². The molecule has 26 heavy (non-hydrogen) atoms. The van der Waals surface area contributed by atoms with E-state index in [2.05, 4.69) is 15.4 Å². The number of ether oxygens (including phenoxy) is 2. The van der Waals surface area contributed by atoms with Crippen molar-refractivity contribution >= 4 is 11.7 Å². The smallest absolute Gasteiger partial charge is 0.259 e. The summed E-state index contributed by atoms with van der Waals surface area (Å²) in [4.78, 5) is 15.2. The fourth-order valence-electron chi connectivity index (χ4n) is 3.48. The number of aromatic nitrogens is 1. The van der Waals surface area contributed by atoms with Crippen LogP contribution in [0, 0.1) is 0 Å². The summed E-state index contributed by atoms with van der Waals surface area (Å²) in [5, 5.41) is 7.30. The van der Waals surface area contributed by atoms with Crippen molar-refractivity contribution in [3.63, 3.8) is 0 Å². The molecule has 2 aliphatic heterocycles. The van der Waals surface area contributed by atoms with Crippen LogP contribution in [0.1, 0.15) is 29.6 Å². The fraction of sp³-hybridized carbons (Fsp3) is 0.474. The second-order valence-corrected chi connectivity index (χ2v) is 6.67. The van der Waals surface area contributed by atoms with Crippen molar-refractivity contribution in [3.8, 4) is 17.1 Å². The maximum Gasteiger partial charge on any atom is 0.259 e. The summed E-state index contributed by atoms with van der Waals surface area (Å²) in [5.74, 6) is 1.72. The second kappa shape index (κ2) is 7.37. The van der Waals surface area contributed by atoms with Crippen LogP contribution in [0.25, 0.3) is 11.3 Å². The zero-order chi connectivity index (χ0) is 17.9. The number of nitrogens with zero attached hydrogens (tertiary/aromatic N) is 2. The van der Waals surface area contributed by atoms with Crippen LogP contribution in [0.15, 0.2) is 28.8 Å². The lowest BCUT2D eigenvalue weighted by Gasteiger charge is -2.16. The SMILES string of the molecule is COc1ccc(-c2onc(N3CCCC3)c2C(=O)NC2CCOC2)cc1. The molecule has 2 aliphatic rings. The zero-order valence-corrected chi connectivity index (χ0v) is 14.9. The minimum Gasteiger partial charge on any atom is -0.497 e. The van der Waals surface area contributed by atoms with Gasteiger partial charge < -0.3 is 24.2 Å². The third-order valence-corrected chi connectivity index (χ3v) is 4.92. The van der Waals surface area contributed by atoms with Crippen LogP contribution in [0.2, 0.25) is 0 Å². The summed E-state index contributed by atoms with van der Waals surface area (Å²) in [6.07, 6.45) is 3.03. The monoisotopic (exact) mass is 357 g/mol. The third-order valence-electron chi connectivity index (χ3n) is 4.92. The highest BCUT2D eigenvalue weighted by Crippen LogP contribution is 2.34. The number of hydrogen-bond donors (Lipinski definition) is 1. The van der Waals surface area contributed by atoms with E-state index in [0.717, 1.165) is 43.7 Å². The van der Waals surface area contributed by atoms with Gasteiger partial charge in [-0.05, 0) is 43.5 Å². The number of hydrogen-bond acceptors (Lipinski definition) is 6. The van der Waals surface area contributed by atoms with Crippen molar-refractivity contribution in [1.29, 1.82) is 0 Å². The summed E-state index contributed by atoms with van der Waals surface area (Å²) in [7, 11) is 1.62. The van der Waals surface area contributed by atoms with Crippen LogP contribution in [0.4, 0.5) is 5.82 Å². The molecule has 138 valence electrons.